The summed E-state index contributed by atoms with van der Waals surface area (Å²) in [7, 11) is 0. The molecule has 5 nitrogen and oxygen atoms in total. The Bertz CT molecular complexity index is 999. The maximum Gasteiger partial charge on any atom is 0.256 e. The van der Waals surface area contributed by atoms with Crippen LogP contribution in [-0.4, -0.2) is 24.1 Å². The van der Waals surface area contributed by atoms with Crippen molar-refractivity contribution in [3.63, 3.8) is 0 Å². The Kier molecular flexibility index (Phi) is 6.14. The molecule has 0 aliphatic heterocycles. The lowest BCUT2D eigenvalue weighted by molar-refractivity contribution is 0.102. The molecule has 2 aromatic carbocycles. The van der Waals surface area contributed by atoms with Crippen LogP contribution < -0.4 is 14.8 Å². The maximum absolute atomic E-state index is 13.3. The monoisotopic (exact) mass is 378 g/mol. The molecule has 1 heterocycles. The standard InChI is InChI=1S/C23H26N2O3/c1-5-18-15(4)22(17-10-8-9-11-19(17)24-18)23(26)25-20-14-16(27-6-2)12-13-21(20)28-7-3/h8-14H,5-7H2,1-4H3,(H,25,26). The number of rotatable bonds is 7. The number of anilines is 1. The first kappa shape index (κ1) is 19.7. The predicted octanol–water partition coefficient (Wildman–Crippen LogP) is 5.16. The van der Waals surface area contributed by atoms with E-state index in [1.165, 1.54) is 0 Å². The number of aryl methyl sites for hydroxylation is 1. The molecule has 0 radical (unpaired) electrons. The van der Waals surface area contributed by atoms with Crippen LogP contribution in [-0.2, 0) is 6.42 Å². The molecule has 0 atom stereocenters. The first-order valence-electron chi connectivity index (χ1n) is 9.68. The summed E-state index contributed by atoms with van der Waals surface area (Å²) in [5.41, 5.74) is 3.89. The highest BCUT2D eigenvalue weighted by molar-refractivity contribution is 6.14. The Hall–Kier alpha value is -3.08. The summed E-state index contributed by atoms with van der Waals surface area (Å²) in [6.45, 7) is 8.89. The molecule has 0 spiro atoms. The van der Waals surface area contributed by atoms with Gasteiger partial charge in [-0.1, -0.05) is 25.1 Å². The number of nitrogens with one attached hydrogen (secondary N) is 1. The van der Waals surface area contributed by atoms with Crippen molar-refractivity contribution < 1.29 is 14.3 Å². The molecule has 0 unspecified atom stereocenters. The van der Waals surface area contributed by atoms with Gasteiger partial charge in [-0.2, -0.15) is 0 Å². The molecule has 3 rings (SSSR count). The largest absolute Gasteiger partial charge is 0.494 e. The number of pyridine rings is 1. The van der Waals surface area contributed by atoms with E-state index in [9.17, 15) is 4.79 Å². The van der Waals surface area contributed by atoms with Gasteiger partial charge in [0.1, 0.15) is 11.5 Å². The van der Waals surface area contributed by atoms with Gasteiger partial charge in [0.2, 0.25) is 0 Å². The summed E-state index contributed by atoms with van der Waals surface area (Å²) in [6.07, 6.45) is 0.765. The number of aromatic nitrogens is 1. The van der Waals surface area contributed by atoms with Crippen LogP contribution in [0.15, 0.2) is 42.5 Å². The van der Waals surface area contributed by atoms with Gasteiger partial charge < -0.3 is 14.8 Å². The Morgan fingerprint density at radius 1 is 1.04 bits per heavy atom. The average molecular weight is 378 g/mol. The number of ether oxygens (including phenoxy) is 2. The lowest BCUT2D eigenvalue weighted by Gasteiger charge is -2.16. The van der Waals surface area contributed by atoms with Crippen molar-refractivity contribution in [3.8, 4) is 11.5 Å². The van der Waals surface area contributed by atoms with Gasteiger partial charge in [-0.3, -0.25) is 9.78 Å². The molecule has 0 aliphatic carbocycles. The van der Waals surface area contributed by atoms with E-state index in [0.29, 0.717) is 36.0 Å². The van der Waals surface area contributed by atoms with Crippen molar-refractivity contribution in [2.45, 2.75) is 34.1 Å². The van der Waals surface area contributed by atoms with Crippen LogP contribution in [0.5, 0.6) is 11.5 Å². The number of para-hydroxylation sites is 1. The number of hydrogen-bond donors (Lipinski definition) is 1. The third-order valence-corrected chi connectivity index (χ3v) is 4.61. The molecule has 1 N–H and O–H groups in total. The van der Waals surface area contributed by atoms with Crippen molar-refractivity contribution in [2.24, 2.45) is 0 Å². The fraction of sp³-hybridized carbons (Fsp3) is 0.304. The van der Waals surface area contributed by atoms with E-state index in [1.807, 2.05) is 64.1 Å². The second-order valence-corrected chi connectivity index (χ2v) is 6.41. The Labute approximate surface area is 165 Å². The van der Waals surface area contributed by atoms with Crippen LogP contribution in [0.3, 0.4) is 0 Å². The average Bonchev–Trinajstić information content (AvgIpc) is 2.69. The Balaban J connectivity index is 2.06. The zero-order valence-corrected chi connectivity index (χ0v) is 16.8. The molecule has 0 saturated carbocycles. The summed E-state index contributed by atoms with van der Waals surface area (Å²) >= 11 is 0. The van der Waals surface area contributed by atoms with Crippen LogP contribution in [0.1, 0.15) is 42.4 Å². The third kappa shape index (κ3) is 3.93. The second kappa shape index (κ2) is 8.74. The molecule has 3 aromatic rings. The van der Waals surface area contributed by atoms with Crippen molar-refractivity contribution in [2.75, 3.05) is 18.5 Å². The number of carbonyl (C=O) groups is 1. The first-order valence-corrected chi connectivity index (χ1v) is 9.68. The molecule has 1 amide bonds. The number of benzene rings is 2. The van der Waals surface area contributed by atoms with Gasteiger partial charge in [0.05, 0.1) is 30.0 Å². The van der Waals surface area contributed by atoms with E-state index < -0.39 is 0 Å². The van der Waals surface area contributed by atoms with E-state index in [0.717, 1.165) is 28.6 Å². The lowest BCUT2D eigenvalue weighted by Crippen LogP contribution is -2.16. The first-order chi connectivity index (χ1) is 13.6. The minimum Gasteiger partial charge on any atom is -0.494 e. The van der Waals surface area contributed by atoms with Crippen LogP contribution in [0.2, 0.25) is 0 Å². The van der Waals surface area contributed by atoms with E-state index in [4.69, 9.17) is 14.5 Å². The van der Waals surface area contributed by atoms with Gasteiger partial charge in [-0.15, -0.1) is 0 Å². The van der Waals surface area contributed by atoms with Crippen LogP contribution in [0.25, 0.3) is 10.9 Å². The summed E-state index contributed by atoms with van der Waals surface area (Å²) < 4.78 is 11.3. The van der Waals surface area contributed by atoms with Crippen molar-refractivity contribution in [1.29, 1.82) is 0 Å². The zero-order chi connectivity index (χ0) is 20.1. The van der Waals surface area contributed by atoms with Crippen LogP contribution in [0, 0.1) is 6.92 Å². The van der Waals surface area contributed by atoms with Gasteiger partial charge in [0, 0.05) is 17.1 Å². The highest BCUT2D eigenvalue weighted by atomic mass is 16.5. The van der Waals surface area contributed by atoms with Crippen molar-refractivity contribution >= 4 is 22.5 Å². The van der Waals surface area contributed by atoms with E-state index in [1.54, 1.807) is 6.07 Å². The maximum atomic E-state index is 13.3. The van der Waals surface area contributed by atoms with Crippen LogP contribution in [0.4, 0.5) is 5.69 Å². The van der Waals surface area contributed by atoms with Gasteiger partial charge in [-0.05, 0) is 51.0 Å². The van der Waals surface area contributed by atoms with Crippen LogP contribution >= 0.6 is 0 Å². The number of hydrogen-bond acceptors (Lipinski definition) is 4. The minimum atomic E-state index is -0.180. The topological polar surface area (TPSA) is 60.5 Å². The SMILES string of the molecule is CCOc1ccc(OCC)c(NC(=O)c2c(C)c(CC)nc3ccccc23)c1. The van der Waals surface area contributed by atoms with Crippen molar-refractivity contribution in [1.82, 2.24) is 4.98 Å². The summed E-state index contributed by atoms with van der Waals surface area (Å²) in [5, 5.41) is 3.86. The Morgan fingerprint density at radius 3 is 2.50 bits per heavy atom. The molecule has 0 saturated heterocycles. The normalized spacial score (nSPS) is 10.7. The lowest BCUT2D eigenvalue weighted by atomic mass is 9.99. The van der Waals surface area contributed by atoms with E-state index >= 15 is 0 Å². The Morgan fingerprint density at radius 2 is 1.79 bits per heavy atom. The fourth-order valence-corrected chi connectivity index (χ4v) is 3.32. The molecule has 0 aliphatic rings. The number of amides is 1. The third-order valence-electron chi connectivity index (χ3n) is 4.61. The predicted molar refractivity (Wildman–Crippen MR) is 113 cm³/mol. The minimum absolute atomic E-state index is 0.180. The van der Waals surface area contributed by atoms with E-state index in [-0.39, 0.29) is 5.91 Å². The smallest absolute Gasteiger partial charge is 0.256 e. The summed E-state index contributed by atoms with van der Waals surface area (Å²) in [6, 6.07) is 13.2. The summed E-state index contributed by atoms with van der Waals surface area (Å²) in [5.74, 6) is 1.12. The van der Waals surface area contributed by atoms with Crippen molar-refractivity contribution in [3.05, 3.63) is 59.3 Å². The molecular formula is C23H26N2O3. The molecule has 0 fully saturated rings. The summed E-state index contributed by atoms with van der Waals surface area (Å²) in [4.78, 5) is 18.0. The quantitative estimate of drug-likeness (QED) is 0.617. The molecule has 5 heteroatoms. The fourth-order valence-electron chi connectivity index (χ4n) is 3.32. The highest BCUT2D eigenvalue weighted by Crippen LogP contribution is 2.31. The molecule has 1 aromatic heterocycles. The second-order valence-electron chi connectivity index (χ2n) is 6.41. The van der Waals surface area contributed by atoms with Gasteiger partial charge in [-0.25, -0.2) is 0 Å². The molecular weight excluding hydrogens is 352 g/mol. The molecule has 28 heavy (non-hydrogen) atoms. The van der Waals surface area contributed by atoms with Gasteiger partial charge in [0.15, 0.2) is 0 Å². The number of nitrogens with zero attached hydrogens (tertiary/aromatic N) is 1. The molecule has 0 bridgehead atoms. The van der Waals surface area contributed by atoms with Gasteiger partial charge >= 0.3 is 0 Å². The number of fused-ring (bicyclic) bond motifs is 1. The highest BCUT2D eigenvalue weighted by Gasteiger charge is 2.19. The molecule has 146 valence electrons. The number of carbonyl (C=O) groups excluding carboxylic acids is 1. The zero-order valence-electron chi connectivity index (χ0n) is 16.8. The van der Waals surface area contributed by atoms with Gasteiger partial charge in [0.25, 0.3) is 5.91 Å². The van der Waals surface area contributed by atoms with E-state index in [2.05, 4.69) is 5.32 Å².